The molecule has 0 bridgehead atoms. The van der Waals surface area contributed by atoms with E-state index in [9.17, 15) is 5.11 Å². The van der Waals surface area contributed by atoms with Gasteiger partial charge in [-0.05, 0) is 37.3 Å². The van der Waals surface area contributed by atoms with Gasteiger partial charge in [-0.15, -0.1) is 0 Å². The van der Waals surface area contributed by atoms with Crippen LogP contribution in [-0.4, -0.2) is 29.9 Å². The van der Waals surface area contributed by atoms with Crippen LogP contribution in [0.4, 0.5) is 0 Å². The number of hydrogen-bond donors (Lipinski definition) is 2. The number of nitrogens with one attached hydrogen (secondary N) is 1. The minimum absolute atomic E-state index is 0.383. The summed E-state index contributed by atoms with van der Waals surface area (Å²) in [6.07, 6.45) is 1.75. The Morgan fingerprint density at radius 1 is 1.42 bits per heavy atom. The van der Waals surface area contributed by atoms with E-state index in [1.54, 1.807) is 0 Å². The second kappa shape index (κ2) is 5.93. The summed E-state index contributed by atoms with van der Waals surface area (Å²) >= 11 is 0. The molecule has 1 aromatic rings. The van der Waals surface area contributed by atoms with Crippen molar-refractivity contribution in [3.05, 3.63) is 29.8 Å². The summed E-state index contributed by atoms with van der Waals surface area (Å²) in [5.74, 6) is 1.36. The first-order valence-electron chi connectivity index (χ1n) is 7.15. The van der Waals surface area contributed by atoms with Crippen molar-refractivity contribution >= 4 is 0 Å². The fourth-order valence-electron chi connectivity index (χ4n) is 2.65. The van der Waals surface area contributed by atoms with Gasteiger partial charge in [-0.25, -0.2) is 0 Å². The second-order valence-corrected chi connectivity index (χ2v) is 6.11. The van der Waals surface area contributed by atoms with Crippen LogP contribution in [0.15, 0.2) is 24.3 Å². The number of ether oxygens (including phenoxy) is 1. The second-order valence-electron chi connectivity index (χ2n) is 6.11. The first-order valence-corrected chi connectivity index (χ1v) is 7.15. The predicted molar refractivity (Wildman–Crippen MR) is 77.7 cm³/mol. The van der Waals surface area contributed by atoms with Gasteiger partial charge in [0.25, 0.3) is 0 Å². The third kappa shape index (κ3) is 3.95. The molecule has 1 aliphatic heterocycles. The number of aliphatic hydroxyl groups is 1. The van der Waals surface area contributed by atoms with Crippen molar-refractivity contribution in [3.8, 4) is 5.75 Å². The molecule has 0 fully saturated rings. The molecule has 1 aliphatic rings. The third-order valence-electron chi connectivity index (χ3n) is 3.66. The lowest BCUT2D eigenvalue weighted by Gasteiger charge is -2.33. The van der Waals surface area contributed by atoms with Crippen molar-refractivity contribution in [2.75, 3.05) is 13.2 Å². The molecule has 3 heteroatoms. The van der Waals surface area contributed by atoms with E-state index in [2.05, 4.69) is 25.2 Å². The van der Waals surface area contributed by atoms with Gasteiger partial charge >= 0.3 is 0 Å². The summed E-state index contributed by atoms with van der Waals surface area (Å²) in [7, 11) is 0. The van der Waals surface area contributed by atoms with Crippen LogP contribution in [0.1, 0.15) is 45.1 Å². The van der Waals surface area contributed by atoms with Gasteiger partial charge in [-0.3, -0.25) is 0 Å². The molecule has 0 aliphatic carbocycles. The SMILES string of the molecule is CC(C)NCC(C)(O)CC1CCOc2ccccc21. The van der Waals surface area contributed by atoms with E-state index in [1.165, 1.54) is 5.56 Å². The number of hydrogen-bond acceptors (Lipinski definition) is 3. The van der Waals surface area contributed by atoms with Crippen LogP contribution < -0.4 is 10.1 Å². The fourth-order valence-corrected chi connectivity index (χ4v) is 2.65. The Morgan fingerprint density at radius 3 is 2.89 bits per heavy atom. The molecule has 0 saturated heterocycles. The molecule has 0 radical (unpaired) electrons. The zero-order valence-electron chi connectivity index (χ0n) is 12.1. The van der Waals surface area contributed by atoms with Crippen LogP contribution in [0.3, 0.4) is 0 Å². The molecule has 0 spiro atoms. The normalized spacial score (nSPS) is 21.6. The highest BCUT2D eigenvalue weighted by atomic mass is 16.5. The Morgan fingerprint density at radius 2 is 2.16 bits per heavy atom. The van der Waals surface area contributed by atoms with Crippen molar-refractivity contribution in [1.29, 1.82) is 0 Å². The number of benzene rings is 1. The summed E-state index contributed by atoms with van der Waals surface area (Å²) in [5, 5.41) is 13.9. The summed E-state index contributed by atoms with van der Waals surface area (Å²) in [6, 6.07) is 8.57. The fraction of sp³-hybridized carbons (Fsp3) is 0.625. The smallest absolute Gasteiger partial charge is 0.122 e. The van der Waals surface area contributed by atoms with Crippen LogP contribution in [0.2, 0.25) is 0 Å². The van der Waals surface area contributed by atoms with Gasteiger partial charge in [-0.1, -0.05) is 32.0 Å². The molecule has 2 N–H and O–H groups in total. The van der Waals surface area contributed by atoms with Gasteiger partial charge in [0.1, 0.15) is 5.75 Å². The molecule has 3 nitrogen and oxygen atoms in total. The van der Waals surface area contributed by atoms with Crippen molar-refractivity contribution in [1.82, 2.24) is 5.32 Å². The van der Waals surface area contributed by atoms with E-state index >= 15 is 0 Å². The Kier molecular flexibility index (Phi) is 4.48. The van der Waals surface area contributed by atoms with E-state index in [0.717, 1.165) is 25.2 Å². The van der Waals surface area contributed by atoms with Crippen LogP contribution in [0.5, 0.6) is 5.75 Å². The summed E-state index contributed by atoms with van der Waals surface area (Å²) in [5.41, 5.74) is 0.554. The molecular weight excluding hydrogens is 238 g/mol. The molecular formula is C16H25NO2. The number of fused-ring (bicyclic) bond motifs is 1. The lowest BCUT2D eigenvalue weighted by Crippen LogP contribution is -2.42. The molecule has 2 rings (SSSR count). The summed E-state index contributed by atoms with van der Waals surface area (Å²) in [4.78, 5) is 0. The first-order chi connectivity index (χ1) is 8.98. The van der Waals surface area contributed by atoms with Crippen LogP contribution in [0.25, 0.3) is 0 Å². The van der Waals surface area contributed by atoms with Gasteiger partial charge in [0.15, 0.2) is 0 Å². The van der Waals surface area contributed by atoms with E-state index < -0.39 is 5.60 Å². The van der Waals surface area contributed by atoms with Gasteiger partial charge < -0.3 is 15.2 Å². The zero-order chi connectivity index (χ0) is 13.9. The highest BCUT2D eigenvalue weighted by Crippen LogP contribution is 2.37. The lowest BCUT2D eigenvalue weighted by atomic mass is 9.83. The molecule has 1 aromatic carbocycles. The quantitative estimate of drug-likeness (QED) is 0.858. The highest BCUT2D eigenvalue weighted by Gasteiger charge is 2.29. The molecule has 2 unspecified atom stereocenters. The van der Waals surface area contributed by atoms with Crippen molar-refractivity contribution in [3.63, 3.8) is 0 Å². The third-order valence-corrected chi connectivity index (χ3v) is 3.66. The standard InChI is InChI=1S/C16H25NO2/c1-12(2)17-11-16(3,18)10-13-8-9-19-15-7-5-4-6-14(13)15/h4-7,12-13,17-18H,8-11H2,1-3H3. The lowest BCUT2D eigenvalue weighted by molar-refractivity contribution is 0.0372. The molecule has 0 aromatic heterocycles. The maximum absolute atomic E-state index is 10.5. The van der Waals surface area contributed by atoms with E-state index in [-0.39, 0.29) is 0 Å². The number of para-hydroxylation sites is 1. The average Bonchev–Trinajstić information content (AvgIpc) is 2.37. The highest BCUT2D eigenvalue weighted by molar-refractivity contribution is 5.37. The Hall–Kier alpha value is -1.06. The zero-order valence-corrected chi connectivity index (χ0v) is 12.1. The minimum Gasteiger partial charge on any atom is -0.493 e. The Balaban J connectivity index is 2.03. The van der Waals surface area contributed by atoms with Crippen LogP contribution in [0, 0.1) is 0 Å². The van der Waals surface area contributed by atoms with Crippen molar-refractivity contribution in [2.45, 2.75) is 51.2 Å². The summed E-state index contributed by atoms with van der Waals surface area (Å²) in [6.45, 7) is 7.49. The first kappa shape index (κ1) is 14.4. The molecule has 106 valence electrons. The van der Waals surface area contributed by atoms with Crippen LogP contribution >= 0.6 is 0 Å². The largest absolute Gasteiger partial charge is 0.493 e. The topological polar surface area (TPSA) is 41.5 Å². The average molecular weight is 263 g/mol. The van der Waals surface area contributed by atoms with Gasteiger partial charge in [0, 0.05) is 12.6 Å². The van der Waals surface area contributed by atoms with Gasteiger partial charge in [0.05, 0.1) is 12.2 Å². The van der Waals surface area contributed by atoms with E-state index in [4.69, 9.17) is 4.74 Å². The van der Waals surface area contributed by atoms with Crippen molar-refractivity contribution in [2.24, 2.45) is 0 Å². The summed E-state index contributed by atoms with van der Waals surface area (Å²) < 4.78 is 5.67. The van der Waals surface area contributed by atoms with E-state index in [1.807, 2.05) is 25.1 Å². The maximum Gasteiger partial charge on any atom is 0.122 e. The van der Waals surface area contributed by atoms with Gasteiger partial charge in [0.2, 0.25) is 0 Å². The molecule has 19 heavy (non-hydrogen) atoms. The minimum atomic E-state index is -0.681. The molecule has 0 saturated carbocycles. The Labute approximate surface area is 116 Å². The molecule has 0 amide bonds. The molecule has 1 heterocycles. The monoisotopic (exact) mass is 263 g/mol. The maximum atomic E-state index is 10.5. The van der Waals surface area contributed by atoms with Crippen LogP contribution in [-0.2, 0) is 0 Å². The molecule has 2 atom stereocenters. The Bertz CT molecular complexity index is 415. The number of rotatable bonds is 5. The van der Waals surface area contributed by atoms with Crippen molar-refractivity contribution < 1.29 is 9.84 Å². The van der Waals surface area contributed by atoms with Gasteiger partial charge in [-0.2, -0.15) is 0 Å². The van der Waals surface area contributed by atoms with E-state index in [0.29, 0.717) is 18.5 Å². The predicted octanol–water partition coefficient (Wildman–Crippen LogP) is 2.69.